The molecule has 0 bridgehead atoms. The molecule has 2 aliphatic heterocycles. The molecule has 0 radical (unpaired) electrons. The summed E-state index contributed by atoms with van der Waals surface area (Å²) in [5.41, 5.74) is -0.766. The summed E-state index contributed by atoms with van der Waals surface area (Å²) in [6.45, 7) is 5.08. The summed E-state index contributed by atoms with van der Waals surface area (Å²) in [5, 5.41) is 17.6. The van der Waals surface area contributed by atoms with Gasteiger partial charge in [0.05, 0.1) is 30.9 Å². The lowest BCUT2D eigenvalue weighted by atomic mass is 9.91. The molecule has 2 aromatic rings. The number of carbonyl (C=O) groups is 3. The van der Waals surface area contributed by atoms with Gasteiger partial charge >= 0.3 is 12.3 Å². The molecule has 0 spiro atoms. The second kappa shape index (κ2) is 13.0. The van der Waals surface area contributed by atoms with E-state index in [1.54, 1.807) is 4.90 Å². The Morgan fingerprint density at radius 1 is 1.12 bits per heavy atom. The molecule has 1 aromatic heterocycles. The first-order valence-corrected chi connectivity index (χ1v) is 13.8. The van der Waals surface area contributed by atoms with Crippen molar-refractivity contribution in [1.82, 2.24) is 29.7 Å². The minimum Gasteiger partial charge on any atom is -0.465 e. The molecule has 1 N–H and O–H groups in total. The monoisotopic (exact) mass is 598 g/mol. The highest BCUT2D eigenvalue weighted by Gasteiger charge is 2.41. The molecule has 3 amide bonds. The van der Waals surface area contributed by atoms with E-state index in [0.29, 0.717) is 26.3 Å². The van der Waals surface area contributed by atoms with Crippen LogP contribution in [0.25, 0.3) is 5.69 Å². The molecule has 2 atom stereocenters. The number of alkyl halides is 3. The van der Waals surface area contributed by atoms with Crippen molar-refractivity contribution >= 4 is 17.9 Å². The molecule has 11 nitrogen and oxygen atoms in total. The Morgan fingerprint density at radius 2 is 1.81 bits per heavy atom. The van der Waals surface area contributed by atoms with Crippen molar-refractivity contribution in [2.24, 2.45) is 11.8 Å². The molecule has 1 aromatic carbocycles. The van der Waals surface area contributed by atoms with E-state index < -0.39 is 48.8 Å². The summed E-state index contributed by atoms with van der Waals surface area (Å²) in [6, 6.07) is 4.55. The van der Waals surface area contributed by atoms with Crippen LogP contribution in [0.3, 0.4) is 0 Å². The minimum absolute atomic E-state index is 0.0496. The van der Waals surface area contributed by atoms with Gasteiger partial charge in [-0.05, 0) is 24.5 Å². The van der Waals surface area contributed by atoms with Gasteiger partial charge in [0, 0.05) is 45.6 Å². The topological polar surface area (TPSA) is 121 Å². The number of halogens is 4. The van der Waals surface area contributed by atoms with Crippen LogP contribution in [0, 0.1) is 17.7 Å². The second-order valence-corrected chi connectivity index (χ2v) is 10.9. The van der Waals surface area contributed by atoms with Crippen LogP contribution in [-0.2, 0) is 16.0 Å². The Balaban J connectivity index is 1.70. The van der Waals surface area contributed by atoms with Crippen LogP contribution in [-0.4, -0.2) is 111 Å². The Hall–Kier alpha value is -3.75. The number of likely N-dealkylation sites (tertiary alicyclic amines) is 1. The first-order valence-electron chi connectivity index (χ1n) is 13.8. The summed E-state index contributed by atoms with van der Waals surface area (Å²) in [7, 11) is 0. The zero-order chi connectivity index (χ0) is 30.6. The molecular formula is C27H34F4N6O5. The quantitative estimate of drug-likeness (QED) is 0.464. The van der Waals surface area contributed by atoms with Gasteiger partial charge in [0.2, 0.25) is 5.91 Å². The molecule has 230 valence electrons. The fourth-order valence-electron chi connectivity index (χ4n) is 5.37. The predicted octanol–water partition coefficient (Wildman–Crippen LogP) is 3.23. The third-order valence-corrected chi connectivity index (χ3v) is 7.33. The van der Waals surface area contributed by atoms with Crippen molar-refractivity contribution in [3.05, 3.63) is 41.5 Å². The number of benzene rings is 1. The Kier molecular flexibility index (Phi) is 9.69. The van der Waals surface area contributed by atoms with Crippen molar-refractivity contribution in [3.63, 3.8) is 0 Å². The lowest BCUT2D eigenvalue weighted by Crippen LogP contribution is -2.58. The second-order valence-electron chi connectivity index (χ2n) is 10.9. The molecule has 4 rings (SSSR count). The summed E-state index contributed by atoms with van der Waals surface area (Å²) in [5.74, 6) is -2.63. The van der Waals surface area contributed by atoms with Crippen LogP contribution in [0.5, 0.6) is 0 Å². The van der Waals surface area contributed by atoms with Crippen LogP contribution < -0.4 is 0 Å². The van der Waals surface area contributed by atoms with Gasteiger partial charge < -0.3 is 24.5 Å². The Labute approximate surface area is 240 Å². The third-order valence-electron chi connectivity index (χ3n) is 7.33. The van der Waals surface area contributed by atoms with Crippen LogP contribution in [0.2, 0.25) is 0 Å². The molecule has 3 heterocycles. The molecule has 0 aliphatic carbocycles. The van der Waals surface area contributed by atoms with Crippen molar-refractivity contribution in [3.8, 4) is 5.69 Å². The lowest BCUT2D eigenvalue weighted by Gasteiger charge is -2.43. The minimum atomic E-state index is -4.57. The van der Waals surface area contributed by atoms with Crippen LogP contribution >= 0.6 is 0 Å². The normalized spacial score (nSPS) is 19.7. The fraction of sp³-hybridized carbons (Fsp3) is 0.593. The number of aromatic nitrogens is 3. The highest BCUT2D eigenvalue weighted by atomic mass is 19.4. The average molecular weight is 599 g/mol. The van der Waals surface area contributed by atoms with Gasteiger partial charge in [-0.15, -0.1) is 5.10 Å². The van der Waals surface area contributed by atoms with Crippen molar-refractivity contribution in [2.45, 2.75) is 45.3 Å². The molecule has 0 unspecified atom stereocenters. The molecule has 15 heteroatoms. The van der Waals surface area contributed by atoms with Gasteiger partial charge in [-0.1, -0.05) is 31.2 Å². The zero-order valence-electron chi connectivity index (χ0n) is 23.4. The van der Waals surface area contributed by atoms with Gasteiger partial charge in [0.25, 0.3) is 5.91 Å². The number of para-hydroxylation sites is 1. The number of amides is 3. The number of hydrogen-bond acceptors (Lipinski definition) is 6. The van der Waals surface area contributed by atoms with E-state index >= 15 is 0 Å². The average Bonchev–Trinajstić information content (AvgIpc) is 3.37. The van der Waals surface area contributed by atoms with Gasteiger partial charge in [-0.2, -0.15) is 13.2 Å². The van der Waals surface area contributed by atoms with E-state index in [0.717, 1.165) is 15.6 Å². The van der Waals surface area contributed by atoms with E-state index in [1.807, 2.05) is 13.8 Å². The number of carbonyl (C=O) groups excluding carboxylic acids is 2. The lowest BCUT2D eigenvalue weighted by molar-refractivity contribution is -0.142. The fourth-order valence-corrected chi connectivity index (χ4v) is 5.37. The molecule has 2 aliphatic rings. The Bertz CT molecular complexity index is 1280. The summed E-state index contributed by atoms with van der Waals surface area (Å²) >= 11 is 0. The maximum absolute atomic E-state index is 14.6. The van der Waals surface area contributed by atoms with Crippen molar-refractivity contribution < 1.29 is 41.8 Å². The standard InChI is InChI=1S/C27H34F4N6O5/c1-17(2)14-36(19-13-18(15-35(16-19)26(40)41)24(38)34-9-11-42-12-10-34)25(39)23-22(7-8-27(29,30)31)37(33-32-23)21-6-4-3-5-20(21)28/h3-6,17-19H,7-16H2,1-2H3,(H,40,41)/t18-,19+/m1/s1. The zero-order valence-corrected chi connectivity index (χ0v) is 23.4. The predicted molar refractivity (Wildman–Crippen MR) is 140 cm³/mol. The molecule has 2 saturated heterocycles. The summed E-state index contributed by atoms with van der Waals surface area (Å²) in [6.07, 6.45) is -7.66. The number of piperidine rings is 1. The number of nitrogens with zero attached hydrogens (tertiary/aromatic N) is 6. The maximum Gasteiger partial charge on any atom is 0.407 e. The Morgan fingerprint density at radius 3 is 2.43 bits per heavy atom. The van der Waals surface area contributed by atoms with Crippen molar-refractivity contribution in [1.29, 1.82) is 0 Å². The van der Waals surface area contributed by atoms with Crippen LogP contribution in [0.4, 0.5) is 22.4 Å². The first-order chi connectivity index (χ1) is 19.9. The van der Waals surface area contributed by atoms with Gasteiger partial charge in [0.1, 0.15) is 11.5 Å². The van der Waals surface area contributed by atoms with Gasteiger partial charge in [-0.25, -0.2) is 13.9 Å². The van der Waals surface area contributed by atoms with E-state index in [2.05, 4.69) is 10.3 Å². The summed E-state index contributed by atoms with van der Waals surface area (Å²) in [4.78, 5) is 43.5. The van der Waals surface area contributed by atoms with E-state index in [4.69, 9.17) is 4.74 Å². The summed E-state index contributed by atoms with van der Waals surface area (Å²) < 4.78 is 60.7. The molecule has 0 saturated carbocycles. The maximum atomic E-state index is 14.6. The number of morpholine rings is 1. The van der Waals surface area contributed by atoms with E-state index in [9.17, 15) is 37.1 Å². The van der Waals surface area contributed by atoms with E-state index in [-0.39, 0.29) is 55.0 Å². The highest BCUT2D eigenvalue weighted by molar-refractivity contribution is 5.94. The molecule has 2 fully saturated rings. The third kappa shape index (κ3) is 7.36. The van der Waals surface area contributed by atoms with Crippen LogP contribution in [0.15, 0.2) is 24.3 Å². The molecule has 42 heavy (non-hydrogen) atoms. The first kappa shape index (κ1) is 31.2. The van der Waals surface area contributed by atoms with Crippen molar-refractivity contribution in [2.75, 3.05) is 45.9 Å². The smallest absolute Gasteiger partial charge is 0.407 e. The highest BCUT2D eigenvalue weighted by Crippen LogP contribution is 2.29. The number of carboxylic acid groups (broad SMARTS) is 1. The SMILES string of the molecule is CC(C)CN(C(=O)c1nnn(-c2ccccc2F)c1CCC(F)(F)F)[C@H]1C[C@@H](C(=O)N2CCOCC2)CN(C(=O)O)C1. The van der Waals surface area contributed by atoms with Crippen LogP contribution in [0.1, 0.15) is 42.9 Å². The number of ether oxygens (including phenoxy) is 1. The van der Waals surface area contributed by atoms with E-state index in [1.165, 1.54) is 23.1 Å². The largest absolute Gasteiger partial charge is 0.465 e. The van der Waals surface area contributed by atoms with Gasteiger partial charge in [0.15, 0.2) is 5.69 Å². The molecular weight excluding hydrogens is 564 g/mol. The number of rotatable bonds is 8. The van der Waals surface area contributed by atoms with Gasteiger partial charge in [-0.3, -0.25) is 9.59 Å². The number of hydrogen-bond donors (Lipinski definition) is 1.